The third-order valence-corrected chi connectivity index (χ3v) is 5.10. The number of hydrogen-bond donors (Lipinski definition) is 0. The van der Waals surface area contributed by atoms with Crippen LogP contribution < -0.4 is 0 Å². The summed E-state index contributed by atoms with van der Waals surface area (Å²) in [7, 11) is 2.93. The Morgan fingerprint density at radius 3 is 2.71 bits per heavy atom. The van der Waals surface area contributed by atoms with Crippen molar-refractivity contribution in [3.8, 4) is 0 Å². The molecule has 0 fully saturated rings. The fourth-order valence-corrected chi connectivity index (χ4v) is 3.95. The molecule has 0 aliphatic heterocycles. The number of ether oxygens (including phenoxy) is 2. The van der Waals surface area contributed by atoms with Gasteiger partial charge in [-0.2, -0.15) is 0 Å². The average molecular weight is 327 g/mol. The fraction of sp³-hybridized carbons (Fsp3) is 0.429. The van der Waals surface area contributed by atoms with Crippen LogP contribution in [0, 0.1) is 0 Å². The highest BCUT2D eigenvalue weighted by molar-refractivity contribution is 7.27. The largest absolute Gasteiger partial charge is 0.469 e. The van der Waals surface area contributed by atoms with Gasteiger partial charge in [0.15, 0.2) is 0 Å². The van der Waals surface area contributed by atoms with E-state index in [0.29, 0.717) is 24.6 Å². The van der Waals surface area contributed by atoms with Crippen LogP contribution in [0.5, 0.6) is 0 Å². The number of carbonyl (C=O) groups is 2. The molecule has 0 saturated heterocycles. The summed E-state index contributed by atoms with van der Waals surface area (Å²) in [6, 6.07) is 3.92. The van der Waals surface area contributed by atoms with Crippen LogP contribution >= 0.6 is 22.7 Å². The van der Waals surface area contributed by atoms with E-state index in [1.165, 1.54) is 18.4 Å². The summed E-state index contributed by atoms with van der Waals surface area (Å²) in [5.74, 6) is -0.387. The van der Waals surface area contributed by atoms with E-state index in [1.54, 1.807) is 23.3 Å². The number of esters is 1. The third kappa shape index (κ3) is 4.03. The molecular formula is C14H17NO4S2. The van der Waals surface area contributed by atoms with Gasteiger partial charge in [0.25, 0.3) is 5.91 Å². The normalized spacial score (nSPS) is 10.8. The number of thiophene rings is 2. The second-order valence-corrected chi connectivity index (χ2v) is 6.40. The van der Waals surface area contributed by atoms with Crippen LogP contribution in [0.15, 0.2) is 17.5 Å². The van der Waals surface area contributed by atoms with E-state index >= 15 is 0 Å². The summed E-state index contributed by atoms with van der Waals surface area (Å²) in [6.07, 6.45) is 0.186. The van der Waals surface area contributed by atoms with E-state index in [-0.39, 0.29) is 18.3 Å². The minimum atomic E-state index is -0.322. The molecule has 0 saturated carbocycles. The van der Waals surface area contributed by atoms with Crippen LogP contribution in [0.25, 0.3) is 9.40 Å². The predicted molar refractivity (Wildman–Crippen MR) is 84.1 cm³/mol. The van der Waals surface area contributed by atoms with Crippen LogP contribution in [0.2, 0.25) is 0 Å². The van der Waals surface area contributed by atoms with Gasteiger partial charge >= 0.3 is 5.97 Å². The first kappa shape index (κ1) is 15.9. The summed E-state index contributed by atoms with van der Waals surface area (Å²) < 4.78 is 11.9. The monoisotopic (exact) mass is 327 g/mol. The van der Waals surface area contributed by atoms with Crippen molar-refractivity contribution in [1.82, 2.24) is 4.90 Å². The number of methoxy groups -OCH3 is 2. The Morgan fingerprint density at radius 2 is 2.05 bits per heavy atom. The Labute approximate surface area is 131 Å². The second kappa shape index (κ2) is 7.53. The molecule has 2 rings (SSSR count). The third-order valence-electron chi connectivity index (χ3n) is 3.02. The Bertz CT molecular complexity index is 591. The minimum Gasteiger partial charge on any atom is -0.469 e. The molecule has 5 nitrogen and oxygen atoms in total. The van der Waals surface area contributed by atoms with E-state index in [2.05, 4.69) is 4.74 Å². The second-order valence-electron chi connectivity index (χ2n) is 4.37. The molecule has 0 aliphatic rings. The highest BCUT2D eigenvalue weighted by atomic mass is 32.1. The SMILES string of the molecule is COCCN(CCC(=O)OC)C(=O)c1cc2sccc2s1. The van der Waals surface area contributed by atoms with Crippen LogP contribution in [-0.4, -0.2) is 50.7 Å². The predicted octanol–water partition coefficient (Wildman–Crippen LogP) is 2.61. The molecule has 21 heavy (non-hydrogen) atoms. The van der Waals surface area contributed by atoms with Gasteiger partial charge in [-0.1, -0.05) is 0 Å². The van der Waals surface area contributed by atoms with E-state index in [4.69, 9.17) is 4.74 Å². The molecule has 0 aliphatic carbocycles. The van der Waals surface area contributed by atoms with Gasteiger partial charge < -0.3 is 14.4 Å². The van der Waals surface area contributed by atoms with Crippen LogP contribution in [0.3, 0.4) is 0 Å². The molecule has 0 aromatic carbocycles. The van der Waals surface area contributed by atoms with Crippen molar-refractivity contribution < 1.29 is 19.1 Å². The molecule has 0 radical (unpaired) electrons. The maximum absolute atomic E-state index is 12.6. The zero-order chi connectivity index (χ0) is 15.2. The number of fused-ring (bicyclic) bond motifs is 1. The van der Waals surface area contributed by atoms with Crippen molar-refractivity contribution in [2.24, 2.45) is 0 Å². The first-order valence-electron chi connectivity index (χ1n) is 6.47. The summed E-state index contributed by atoms with van der Waals surface area (Å²) >= 11 is 3.09. The number of carbonyl (C=O) groups excluding carboxylic acids is 2. The lowest BCUT2D eigenvalue weighted by molar-refractivity contribution is -0.140. The molecule has 0 N–H and O–H groups in total. The van der Waals surface area contributed by atoms with Crippen molar-refractivity contribution in [1.29, 1.82) is 0 Å². The van der Waals surface area contributed by atoms with Crippen molar-refractivity contribution in [3.05, 3.63) is 22.4 Å². The highest BCUT2D eigenvalue weighted by Crippen LogP contribution is 2.30. The maximum atomic E-state index is 12.6. The highest BCUT2D eigenvalue weighted by Gasteiger charge is 2.19. The first-order valence-corrected chi connectivity index (χ1v) is 8.17. The molecular weight excluding hydrogens is 310 g/mol. The Morgan fingerprint density at radius 1 is 1.24 bits per heavy atom. The standard InChI is InChI=1S/C14H17NO4S2/c1-18-7-6-15(5-3-13(16)19-2)14(17)12-9-11-10(21-12)4-8-20-11/h4,8-9H,3,5-7H2,1-2H3. The number of hydrogen-bond acceptors (Lipinski definition) is 6. The van der Waals surface area contributed by atoms with Gasteiger partial charge in [0.05, 0.1) is 25.0 Å². The number of rotatable bonds is 7. The van der Waals surface area contributed by atoms with E-state index < -0.39 is 0 Å². The molecule has 0 unspecified atom stereocenters. The molecule has 2 aromatic heterocycles. The van der Waals surface area contributed by atoms with Gasteiger partial charge in [-0.3, -0.25) is 9.59 Å². The lowest BCUT2D eigenvalue weighted by Gasteiger charge is -2.21. The molecule has 0 bridgehead atoms. The zero-order valence-corrected chi connectivity index (χ0v) is 13.6. The smallest absolute Gasteiger partial charge is 0.307 e. The van der Waals surface area contributed by atoms with Crippen LogP contribution in [0.4, 0.5) is 0 Å². The van der Waals surface area contributed by atoms with Gasteiger partial charge in [-0.05, 0) is 17.5 Å². The molecule has 0 atom stereocenters. The number of amides is 1. The quantitative estimate of drug-likeness (QED) is 0.734. The fourth-order valence-electron chi connectivity index (χ4n) is 1.87. The maximum Gasteiger partial charge on any atom is 0.307 e. The molecule has 1 amide bonds. The summed E-state index contributed by atoms with van der Waals surface area (Å²) in [6.45, 7) is 1.23. The zero-order valence-electron chi connectivity index (χ0n) is 12.0. The van der Waals surface area contributed by atoms with Gasteiger partial charge in [-0.15, -0.1) is 22.7 Å². The van der Waals surface area contributed by atoms with Crippen molar-refractivity contribution >= 4 is 43.9 Å². The lowest BCUT2D eigenvalue weighted by atomic mass is 10.3. The van der Waals surface area contributed by atoms with Gasteiger partial charge in [0, 0.05) is 29.6 Å². The summed E-state index contributed by atoms with van der Waals surface area (Å²) in [5.41, 5.74) is 0. The molecule has 2 heterocycles. The van der Waals surface area contributed by atoms with Crippen molar-refractivity contribution in [2.45, 2.75) is 6.42 Å². The first-order chi connectivity index (χ1) is 10.2. The Kier molecular flexibility index (Phi) is 5.72. The minimum absolute atomic E-state index is 0.0654. The van der Waals surface area contributed by atoms with Gasteiger partial charge in [-0.25, -0.2) is 0 Å². The summed E-state index contributed by atoms with van der Waals surface area (Å²) in [4.78, 5) is 26.1. The summed E-state index contributed by atoms with van der Waals surface area (Å²) in [5, 5.41) is 2.01. The van der Waals surface area contributed by atoms with E-state index in [9.17, 15) is 9.59 Å². The van der Waals surface area contributed by atoms with Gasteiger partial charge in [0.1, 0.15) is 0 Å². The number of nitrogens with zero attached hydrogens (tertiary/aromatic N) is 1. The molecule has 2 aromatic rings. The Hall–Kier alpha value is -1.44. The topological polar surface area (TPSA) is 55.8 Å². The molecule has 114 valence electrons. The van der Waals surface area contributed by atoms with E-state index in [0.717, 1.165) is 9.40 Å². The Balaban J connectivity index is 2.08. The molecule has 7 heteroatoms. The lowest BCUT2D eigenvalue weighted by Crippen LogP contribution is -2.35. The van der Waals surface area contributed by atoms with Crippen LogP contribution in [0.1, 0.15) is 16.1 Å². The van der Waals surface area contributed by atoms with Crippen LogP contribution in [-0.2, 0) is 14.3 Å². The van der Waals surface area contributed by atoms with Crippen molar-refractivity contribution in [2.75, 3.05) is 33.9 Å². The van der Waals surface area contributed by atoms with Crippen molar-refractivity contribution in [3.63, 3.8) is 0 Å². The molecule has 0 spiro atoms. The average Bonchev–Trinajstić information content (AvgIpc) is 3.07. The van der Waals surface area contributed by atoms with E-state index in [1.807, 2.05) is 17.5 Å². The van der Waals surface area contributed by atoms with Gasteiger partial charge in [0.2, 0.25) is 0 Å².